The monoisotopic (exact) mass is 326 g/mol. The van der Waals surface area contributed by atoms with Crippen LogP contribution in [0, 0.1) is 6.92 Å². The van der Waals surface area contributed by atoms with Crippen molar-refractivity contribution in [3.8, 4) is 5.75 Å². The average Bonchev–Trinajstić information content (AvgIpc) is 2.81. The van der Waals surface area contributed by atoms with E-state index in [1.165, 1.54) is 0 Å². The second kappa shape index (κ2) is 6.31. The summed E-state index contributed by atoms with van der Waals surface area (Å²) in [6.07, 6.45) is 2.60. The molecule has 0 aliphatic heterocycles. The molecule has 2 N–H and O–H groups in total. The van der Waals surface area contributed by atoms with E-state index in [1.54, 1.807) is 17.5 Å². The predicted octanol–water partition coefficient (Wildman–Crippen LogP) is 3.29. The molecule has 0 atom stereocenters. The third-order valence-electron chi connectivity index (χ3n) is 2.55. The Morgan fingerprint density at radius 3 is 2.94 bits per heavy atom. The van der Waals surface area contributed by atoms with Crippen LogP contribution in [-0.4, -0.2) is 11.5 Å². The molecule has 18 heavy (non-hydrogen) atoms. The molecule has 0 saturated carbocycles. The molecule has 0 saturated heterocycles. The minimum Gasteiger partial charge on any atom is -0.486 e. The quantitative estimate of drug-likeness (QED) is 0.917. The maximum Gasteiger partial charge on any atom is 0.140 e. The van der Waals surface area contributed by atoms with Crippen LogP contribution in [0.3, 0.4) is 0 Å². The van der Waals surface area contributed by atoms with Crippen molar-refractivity contribution in [3.05, 3.63) is 44.3 Å². The van der Waals surface area contributed by atoms with Crippen LogP contribution in [0.1, 0.15) is 16.1 Å². The number of nitrogens with zero attached hydrogens (tertiary/aromatic N) is 1. The summed E-state index contributed by atoms with van der Waals surface area (Å²) in [6.45, 7) is 3.17. The van der Waals surface area contributed by atoms with Crippen LogP contribution in [0.25, 0.3) is 0 Å². The highest BCUT2D eigenvalue weighted by Gasteiger charge is 2.09. The van der Waals surface area contributed by atoms with E-state index in [0.29, 0.717) is 13.2 Å². The van der Waals surface area contributed by atoms with Gasteiger partial charge in [0.25, 0.3) is 0 Å². The van der Waals surface area contributed by atoms with E-state index < -0.39 is 0 Å². The van der Waals surface area contributed by atoms with Crippen LogP contribution < -0.4 is 10.5 Å². The molecule has 0 fully saturated rings. The van der Waals surface area contributed by atoms with Gasteiger partial charge in [-0.1, -0.05) is 15.9 Å². The SMILES string of the molecule is Cc1cc(Br)cc(CCN)c1OCc1nccs1. The summed E-state index contributed by atoms with van der Waals surface area (Å²) in [5.74, 6) is 0.929. The standard InChI is InChI=1S/C13H15BrN2OS/c1-9-6-11(14)7-10(2-3-15)13(9)17-8-12-16-4-5-18-12/h4-7H,2-3,8,15H2,1H3. The van der Waals surface area contributed by atoms with Crippen molar-refractivity contribution < 1.29 is 4.74 Å². The minimum absolute atomic E-state index is 0.512. The zero-order valence-electron chi connectivity index (χ0n) is 10.1. The molecular weight excluding hydrogens is 312 g/mol. The predicted molar refractivity (Wildman–Crippen MR) is 78.1 cm³/mol. The van der Waals surface area contributed by atoms with Gasteiger partial charge in [0.05, 0.1) is 0 Å². The number of aromatic nitrogens is 1. The highest BCUT2D eigenvalue weighted by molar-refractivity contribution is 9.10. The summed E-state index contributed by atoms with van der Waals surface area (Å²) >= 11 is 5.10. The third-order valence-corrected chi connectivity index (χ3v) is 3.76. The Kier molecular flexibility index (Phi) is 4.74. The van der Waals surface area contributed by atoms with Crippen molar-refractivity contribution in [2.75, 3.05) is 6.54 Å². The molecule has 2 rings (SSSR count). The first-order chi connectivity index (χ1) is 8.70. The number of benzene rings is 1. The fraction of sp³-hybridized carbons (Fsp3) is 0.308. The molecule has 0 spiro atoms. The third kappa shape index (κ3) is 3.31. The Morgan fingerprint density at radius 1 is 1.44 bits per heavy atom. The number of aryl methyl sites for hydroxylation is 1. The van der Waals surface area contributed by atoms with E-state index in [-0.39, 0.29) is 0 Å². The van der Waals surface area contributed by atoms with Crippen molar-refractivity contribution >= 4 is 27.3 Å². The normalized spacial score (nSPS) is 10.6. The Morgan fingerprint density at radius 2 is 2.28 bits per heavy atom. The molecule has 0 amide bonds. The molecule has 1 aromatic heterocycles. The number of hydrogen-bond donors (Lipinski definition) is 1. The number of rotatable bonds is 5. The topological polar surface area (TPSA) is 48.1 Å². The van der Waals surface area contributed by atoms with Gasteiger partial charge in [0.1, 0.15) is 17.4 Å². The van der Waals surface area contributed by atoms with Gasteiger partial charge in [-0.15, -0.1) is 11.3 Å². The zero-order valence-corrected chi connectivity index (χ0v) is 12.6. The van der Waals surface area contributed by atoms with Crippen molar-refractivity contribution in [1.29, 1.82) is 0 Å². The van der Waals surface area contributed by atoms with E-state index in [0.717, 1.165) is 32.8 Å². The maximum absolute atomic E-state index is 5.89. The lowest BCUT2D eigenvalue weighted by atomic mass is 10.1. The molecule has 0 aliphatic rings. The van der Waals surface area contributed by atoms with Gasteiger partial charge in [0.2, 0.25) is 0 Å². The lowest BCUT2D eigenvalue weighted by Gasteiger charge is -2.13. The smallest absolute Gasteiger partial charge is 0.140 e. The number of hydrogen-bond acceptors (Lipinski definition) is 4. The molecule has 3 nitrogen and oxygen atoms in total. The summed E-state index contributed by atoms with van der Waals surface area (Å²) in [5.41, 5.74) is 7.89. The first-order valence-electron chi connectivity index (χ1n) is 5.71. The van der Waals surface area contributed by atoms with Crippen molar-refractivity contribution in [2.45, 2.75) is 20.0 Å². The van der Waals surface area contributed by atoms with Gasteiger partial charge in [0.15, 0.2) is 0 Å². The van der Waals surface area contributed by atoms with Gasteiger partial charge in [-0.3, -0.25) is 0 Å². The largest absolute Gasteiger partial charge is 0.486 e. The maximum atomic E-state index is 5.89. The molecule has 1 heterocycles. The molecule has 0 aliphatic carbocycles. The fourth-order valence-corrected chi connectivity index (χ4v) is 2.95. The molecule has 0 radical (unpaired) electrons. The Bertz CT molecular complexity index is 514. The first-order valence-corrected chi connectivity index (χ1v) is 7.38. The molecule has 96 valence electrons. The van der Waals surface area contributed by atoms with Gasteiger partial charge in [-0.05, 0) is 43.1 Å². The number of nitrogens with two attached hydrogens (primary N) is 1. The van der Waals surface area contributed by atoms with E-state index in [1.807, 2.05) is 12.3 Å². The van der Waals surface area contributed by atoms with E-state index in [2.05, 4.69) is 33.0 Å². The number of halogens is 1. The van der Waals surface area contributed by atoms with Crippen LogP contribution in [0.15, 0.2) is 28.2 Å². The molecule has 1 aromatic carbocycles. The number of thiazole rings is 1. The fourth-order valence-electron chi connectivity index (χ4n) is 1.81. The molecule has 0 unspecified atom stereocenters. The van der Waals surface area contributed by atoms with Crippen LogP contribution in [0.2, 0.25) is 0 Å². The Hall–Kier alpha value is -0.910. The van der Waals surface area contributed by atoms with Crippen LogP contribution in [0.5, 0.6) is 5.75 Å². The minimum atomic E-state index is 0.512. The van der Waals surface area contributed by atoms with Crippen molar-refractivity contribution in [3.63, 3.8) is 0 Å². The van der Waals surface area contributed by atoms with Crippen LogP contribution >= 0.6 is 27.3 Å². The van der Waals surface area contributed by atoms with Crippen LogP contribution in [0.4, 0.5) is 0 Å². The van der Waals surface area contributed by atoms with E-state index >= 15 is 0 Å². The van der Waals surface area contributed by atoms with Gasteiger partial charge in [-0.2, -0.15) is 0 Å². The second-order valence-electron chi connectivity index (χ2n) is 3.96. The summed E-state index contributed by atoms with van der Waals surface area (Å²) in [4.78, 5) is 4.21. The Labute approximate surface area is 119 Å². The summed E-state index contributed by atoms with van der Waals surface area (Å²) in [6, 6.07) is 4.12. The van der Waals surface area contributed by atoms with Gasteiger partial charge >= 0.3 is 0 Å². The highest BCUT2D eigenvalue weighted by atomic mass is 79.9. The van der Waals surface area contributed by atoms with Gasteiger partial charge in [0, 0.05) is 16.0 Å². The molecular formula is C13H15BrN2OS. The zero-order chi connectivity index (χ0) is 13.0. The van der Waals surface area contributed by atoms with Gasteiger partial charge < -0.3 is 10.5 Å². The second-order valence-corrected chi connectivity index (χ2v) is 5.86. The number of ether oxygens (including phenoxy) is 1. The summed E-state index contributed by atoms with van der Waals surface area (Å²) in [7, 11) is 0. The molecule has 2 aromatic rings. The van der Waals surface area contributed by atoms with Gasteiger partial charge in [-0.25, -0.2) is 4.98 Å². The Balaban J connectivity index is 2.19. The molecule has 5 heteroatoms. The first kappa shape index (κ1) is 13.5. The lowest BCUT2D eigenvalue weighted by molar-refractivity contribution is 0.300. The van der Waals surface area contributed by atoms with E-state index in [9.17, 15) is 0 Å². The average molecular weight is 327 g/mol. The summed E-state index contributed by atoms with van der Waals surface area (Å²) in [5, 5.41) is 2.93. The lowest BCUT2D eigenvalue weighted by Crippen LogP contribution is -2.06. The van der Waals surface area contributed by atoms with Crippen molar-refractivity contribution in [2.24, 2.45) is 5.73 Å². The van der Waals surface area contributed by atoms with Crippen LogP contribution in [-0.2, 0) is 13.0 Å². The van der Waals surface area contributed by atoms with E-state index in [4.69, 9.17) is 10.5 Å². The highest BCUT2D eigenvalue weighted by Crippen LogP contribution is 2.29. The summed E-state index contributed by atoms with van der Waals surface area (Å²) < 4.78 is 6.95. The molecule has 0 bridgehead atoms. The van der Waals surface area contributed by atoms with Crippen molar-refractivity contribution in [1.82, 2.24) is 4.98 Å².